The minimum atomic E-state index is -0.717. The number of hydrogen-bond donors (Lipinski definition) is 1. The second-order valence-electron chi connectivity index (χ2n) is 8.04. The van der Waals surface area contributed by atoms with Gasteiger partial charge in [-0.05, 0) is 69.9 Å². The number of ether oxygens (including phenoxy) is 1. The summed E-state index contributed by atoms with van der Waals surface area (Å²) in [6.45, 7) is 4.76. The molecule has 1 N–H and O–H groups in total. The summed E-state index contributed by atoms with van der Waals surface area (Å²) in [6, 6.07) is 13.1. The van der Waals surface area contributed by atoms with Crippen molar-refractivity contribution in [3.63, 3.8) is 0 Å². The van der Waals surface area contributed by atoms with Crippen LogP contribution in [0.3, 0.4) is 0 Å². The van der Waals surface area contributed by atoms with Crippen LogP contribution in [0.5, 0.6) is 5.75 Å². The molecule has 1 atom stereocenters. The van der Waals surface area contributed by atoms with Crippen molar-refractivity contribution in [2.24, 2.45) is 0 Å². The van der Waals surface area contributed by atoms with Crippen molar-refractivity contribution >= 4 is 29.1 Å². The minimum Gasteiger partial charge on any atom is -0.507 e. The molecule has 3 rings (SSSR count). The average molecular weight is 443 g/mol. The van der Waals surface area contributed by atoms with Crippen LogP contribution in [0, 0.1) is 0 Å². The van der Waals surface area contributed by atoms with Gasteiger partial charge in [0.25, 0.3) is 11.7 Å². The Hall–Kier alpha value is -2.83. The van der Waals surface area contributed by atoms with E-state index in [9.17, 15) is 14.7 Å². The van der Waals surface area contributed by atoms with Crippen LogP contribution in [0.1, 0.15) is 31.0 Å². The fourth-order valence-electron chi connectivity index (χ4n) is 3.56. The van der Waals surface area contributed by atoms with Gasteiger partial charge in [-0.1, -0.05) is 23.7 Å². The molecular formula is C24H27ClN2O4. The van der Waals surface area contributed by atoms with E-state index in [0.29, 0.717) is 35.0 Å². The van der Waals surface area contributed by atoms with Crippen LogP contribution in [0.25, 0.3) is 5.76 Å². The zero-order valence-corrected chi connectivity index (χ0v) is 18.9. The highest BCUT2D eigenvalue weighted by atomic mass is 35.5. The van der Waals surface area contributed by atoms with E-state index >= 15 is 0 Å². The molecule has 1 heterocycles. The highest BCUT2D eigenvalue weighted by Gasteiger charge is 2.45. The predicted octanol–water partition coefficient (Wildman–Crippen LogP) is 4.11. The average Bonchev–Trinajstić information content (AvgIpc) is 2.96. The molecule has 0 bridgehead atoms. The Bertz CT molecular complexity index is 999. The highest BCUT2D eigenvalue weighted by Crippen LogP contribution is 2.40. The lowest BCUT2D eigenvalue weighted by molar-refractivity contribution is -0.140. The summed E-state index contributed by atoms with van der Waals surface area (Å²) in [5.74, 6) is -0.895. The molecule has 1 saturated heterocycles. The fourth-order valence-corrected chi connectivity index (χ4v) is 3.76. The number of rotatable bonds is 7. The Labute approximate surface area is 187 Å². The van der Waals surface area contributed by atoms with E-state index in [1.165, 1.54) is 4.90 Å². The third kappa shape index (κ3) is 5.09. The normalized spacial score (nSPS) is 18.3. The Morgan fingerprint density at radius 2 is 1.84 bits per heavy atom. The van der Waals surface area contributed by atoms with Gasteiger partial charge in [0.15, 0.2) is 0 Å². The quantitative estimate of drug-likeness (QED) is 0.397. The molecule has 1 amide bonds. The lowest BCUT2D eigenvalue weighted by Crippen LogP contribution is -2.35. The van der Waals surface area contributed by atoms with Crippen LogP contribution >= 0.6 is 11.6 Å². The summed E-state index contributed by atoms with van der Waals surface area (Å²) in [4.78, 5) is 29.3. The number of benzene rings is 2. The molecular weight excluding hydrogens is 416 g/mol. The Morgan fingerprint density at radius 1 is 1.16 bits per heavy atom. The second kappa shape index (κ2) is 9.54. The van der Waals surface area contributed by atoms with Crippen LogP contribution in [0.15, 0.2) is 54.1 Å². The lowest BCUT2D eigenvalue weighted by Gasteiger charge is -2.26. The summed E-state index contributed by atoms with van der Waals surface area (Å²) in [6.07, 6.45) is 0.0179. The molecule has 2 aromatic rings. The molecule has 2 aromatic carbocycles. The summed E-state index contributed by atoms with van der Waals surface area (Å²) in [5, 5.41) is 11.6. The first-order chi connectivity index (χ1) is 14.7. The topological polar surface area (TPSA) is 70.1 Å². The monoisotopic (exact) mass is 442 g/mol. The number of ketones is 1. The largest absolute Gasteiger partial charge is 0.507 e. The summed E-state index contributed by atoms with van der Waals surface area (Å²) >= 11 is 6.19. The number of carbonyl (C=O) groups excluding carboxylic acids is 2. The summed E-state index contributed by atoms with van der Waals surface area (Å²) < 4.78 is 5.64. The van der Waals surface area contributed by atoms with Gasteiger partial charge >= 0.3 is 0 Å². The van der Waals surface area contributed by atoms with E-state index in [1.54, 1.807) is 48.5 Å². The van der Waals surface area contributed by atoms with E-state index in [1.807, 2.05) is 32.8 Å². The minimum absolute atomic E-state index is 0.0179. The number of halogens is 1. The van der Waals surface area contributed by atoms with Gasteiger partial charge in [0.2, 0.25) is 0 Å². The lowest BCUT2D eigenvalue weighted by atomic mass is 9.95. The Kier molecular flexibility index (Phi) is 7.03. The third-order valence-corrected chi connectivity index (χ3v) is 5.23. The number of Topliss-reactive ketones (excluding diaryl/α,β-unsaturated/α-hetero) is 1. The van der Waals surface area contributed by atoms with Gasteiger partial charge < -0.3 is 19.6 Å². The van der Waals surface area contributed by atoms with E-state index in [-0.39, 0.29) is 17.4 Å². The van der Waals surface area contributed by atoms with Crippen molar-refractivity contribution in [2.45, 2.75) is 26.0 Å². The van der Waals surface area contributed by atoms with Gasteiger partial charge in [0.05, 0.1) is 17.7 Å². The zero-order chi connectivity index (χ0) is 22.7. The number of amides is 1. The van der Waals surface area contributed by atoms with E-state index < -0.39 is 17.7 Å². The smallest absolute Gasteiger partial charge is 0.295 e. The third-order valence-electron chi connectivity index (χ3n) is 4.99. The van der Waals surface area contributed by atoms with Crippen LogP contribution in [-0.4, -0.2) is 59.9 Å². The molecule has 0 spiro atoms. The van der Waals surface area contributed by atoms with Crippen molar-refractivity contribution in [1.29, 1.82) is 0 Å². The van der Waals surface area contributed by atoms with E-state index in [2.05, 4.69) is 0 Å². The molecule has 1 fully saturated rings. The SMILES string of the molecule is CC(C)Oc1ccc(C(O)=C2C(=O)C(=O)N(CCN(C)C)[C@H]2c2cccc(Cl)c2)cc1. The number of hydrogen-bond acceptors (Lipinski definition) is 5. The van der Waals surface area contributed by atoms with E-state index in [4.69, 9.17) is 16.3 Å². The number of likely N-dealkylation sites (tertiary alicyclic amines) is 1. The molecule has 31 heavy (non-hydrogen) atoms. The first kappa shape index (κ1) is 22.8. The van der Waals surface area contributed by atoms with Gasteiger partial charge in [-0.25, -0.2) is 0 Å². The number of nitrogens with zero attached hydrogens (tertiary/aromatic N) is 2. The van der Waals surface area contributed by atoms with Crippen LogP contribution in [-0.2, 0) is 9.59 Å². The molecule has 0 aromatic heterocycles. The molecule has 1 aliphatic heterocycles. The molecule has 0 aliphatic carbocycles. The van der Waals surface area contributed by atoms with Crippen molar-refractivity contribution in [2.75, 3.05) is 27.2 Å². The van der Waals surface area contributed by atoms with Gasteiger partial charge in [0, 0.05) is 23.7 Å². The number of likely N-dealkylation sites (N-methyl/N-ethyl adjacent to an activating group) is 1. The zero-order valence-electron chi connectivity index (χ0n) is 18.1. The van der Waals surface area contributed by atoms with Crippen molar-refractivity contribution in [3.05, 3.63) is 70.3 Å². The number of carbonyl (C=O) groups is 2. The molecule has 0 radical (unpaired) electrons. The van der Waals surface area contributed by atoms with Gasteiger partial charge in [-0.2, -0.15) is 0 Å². The van der Waals surface area contributed by atoms with Crippen LogP contribution in [0.4, 0.5) is 0 Å². The molecule has 164 valence electrons. The van der Waals surface area contributed by atoms with Crippen molar-refractivity contribution < 1.29 is 19.4 Å². The first-order valence-corrected chi connectivity index (χ1v) is 10.5. The summed E-state index contributed by atoms with van der Waals surface area (Å²) in [7, 11) is 3.79. The summed E-state index contributed by atoms with van der Waals surface area (Å²) in [5.41, 5.74) is 1.17. The molecule has 6 nitrogen and oxygen atoms in total. The van der Waals surface area contributed by atoms with E-state index in [0.717, 1.165) is 0 Å². The Balaban J connectivity index is 2.08. The maximum Gasteiger partial charge on any atom is 0.295 e. The van der Waals surface area contributed by atoms with Crippen molar-refractivity contribution in [3.8, 4) is 5.75 Å². The predicted molar refractivity (Wildman–Crippen MR) is 121 cm³/mol. The second-order valence-corrected chi connectivity index (χ2v) is 8.48. The highest BCUT2D eigenvalue weighted by molar-refractivity contribution is 6.46. The number of aliphatic hydroxyl groups excluding tert-OH is 1. The Morgan fingerprint density at radius 3 is 2.42 bits per heavy atom. The van der Waals surface area contributed by atoms with Crippen LogP contribution < -0.4 is 4.74 Å². The molecule has 1 aliphatic rings. The van der Waals surface area contributed by atoms with Gasteiger partial charge in [-0.3, -0.25) is 9.59 Å². The number of aliphatic hydroxyl groups is 1. The van der Waals surface area contributed by atoms with Crippen molar-refractivity contribution in [1.82, 2.24) is 9.80 Å². The standard InChI is InChI=1S/C24H27ClN2O4/c1-15(2)31-19-10-8-16(9-11-19)22(28)20-21(17-6-5-7-18(25)14-17)27(13-12-26(3)4)24(30)23(20)29/h5-11,14-15,21,28H,12-13H2,1-4H3/t21-/m0/s1. The fraction of sp³-hybridized carbons (Fsp3) is 0.333. The molecule has 0 saturated carbocycles. The van der Waals surface area contributed by atoms with Gasteiger partial charge in [-0.15, -0.1) is 0 Å². The molecule has 7 heteroatoms. The van der Waals surface area contributed by atoms with Crippen LogP contribution in [0.2, 0.25) is 5.02 Å². The molecule has 0 unspecified atom stereocenters. The maximum absolute atomic E-state index is 13.0. The maximum atomic E-state index is 13.0. The van der Waals surface area contributed by atoms with Gasteiger partial charge in [0.1, 0.15) is 11.5 Å². The first-order valence-electron chi connectivity index (χ1n) is 10.1.